The molecule has 0 saturated carbocycles. The third kappa shape index (κ3) is 3.04. The second-order valence-electron chi connectivity index (χ2n) is 11.1. The van der Waals surface area contributed by atoms with Crippen LogP contribution >= 0.6 is 0 Å². The van der Waals surface area contributed by atoms with E-state index in [0.717, 1.165) is 0 Å². The molecule has 0 amide bonds. The maximum absolute atomic E-state index is 2.50. The summed E-state index contributed by atoms with van der Waals surface area (Å²) in [5, 5.41) is 11.0. The molecule has 0 bridgehead atoms. The fourth-order valence-electron chi connectivity index (χ4n) is 5.22. The first kappa shape index (κ1) is 20.1. The molecule has 0 aliphatic heterocycles. The number of hydrogen-bond donors (Lipinski definition) is 0. The second kappa shape index (κ2) is 6.57. The smallest absolute Gasteiger partial charge is 0.00615 e. The first-order valence-electron chi connectivity index (χ1n) is 11.4. The maximum Gasteiger partial charge on any atom is -0.00615 e. The van der Waals surface area contributed by atoms with Gasteiger partial charge in [-0.3, -0.25) is 0 Å². The van der Waals surface area contributed by atoms with E-state index < -0.39 is 0 Å². The molecule has 0 spiro atoms. The van der Waals surface area contributed by atoms with Crippen LogP contribution in [0.15, 0.2) is 66.7 Å². The lowest BCUT2D eigenvalue weighted by Crippen LogP contribution is -2.13. The topological polar surface area (TPSA) is 0 Å². The van der Waals surface area contributed by atoms with E-state index in [1.807, 2.05) is 0 Å². The Kier molecular flexibility index (Phi) is 4.25. The third-order valence-electron chi connectivity index (χ3n) is 6.83. The highest BCUT2D eigenvalue weighted by molar-refractivity contribution is 6.24. The number of benzene rings is 5. The Morgan fingerprint density at radius 1 is 0.484 bits per heavy atom. The van der Waals surface area contributed by atoms with Crippen LogP contribution in [0.25, 0.3) is 43.1 Å². The highest BCUT2D eigenvalue weighted by atomic mass is 14.3. The lowest BCUT2D eigenvalue weighted by molar-refractivity contribution is 0.595. The largest absolute Gasteiger partial charge is 0.0616 e. The highest BCUT2D eigenvalue weighted by Crippen LogP contribution is 2.43. The molecule has 5 aromatic carbocycles. The van der Waals surface area contributed by atoms with Crippen molar-refractivity contribution in [2.45, 2.75) is 59.3 Å². The zero-order chi connectivity index (χ0) is 22.1. The van der Waals surface area contributed by atoms with Gasteiger partial charge in [-0.1, -0.05) is 102 Å². The Labute approximate surface area is 185 Å². The fourth-order valence-corrected chi connectivity index (χ4v) is 5.22. The standard InChI is InChI=1S/C31H32/c1-19-12-17-26(30(2,3)4)28-21(19)15-16-23-24-14-13-20-10-8-9-11-22(20)29(24)27(18-25(23)28)31(5,6)7/h8-18H,1-7H3. The first-order chi connectivity index (χ1) is 14.6. The van der Waals surface area contributed by atoms with Gasteiger partial charge in [-0.15, -0.1) is 0 Å². The molecule has 0 fully saturated rings. The summed E-state index contributed by atoms with van der Waals surface area (Å²) in [6, 6.07) is 25.3. The Hall–Kier alpha value is -2.86. The van der Waals surface area contributed by atoms with Crippen molar-refractivity contribution in [2.24, 2.45) is 0 Å². The van der Waals surface area contributed by atoms with Gasteiger partial charge in [0.25, 0.3) is 0 Å². The minimum atomic E-state index is 0.0461. The van der Waals surface area contributed by atoms with Gasteiger partial charge in [0.1, 0.15) is 0 Å². The van der Waals surface area contributed by atoms with Crippen molar-refractivity contribution in [1.29, 1.82) is 0 Å². The van der Waals surface area contributed by atoms with Crippen LogP contribution in [0.4, 0.5) is 0 Å². The SMILES string of the molecule is Cc1ccc(C(C)(C)C)c2c1ccc1c2cc(C(C)(C)C)c2c3ccccc3ccc12. The van der Waals surface area contributed by atoms with E-state index in [9.17, 15) is 0 Å². The van der Waals surface area contributed by atoms with Crippen LogP contribution in [0.1, 0.15) is 58.2 Å². The number of fused-ring (bicyclic) bond motifs is 7. The van der Waals surface area contributed by atoms with E-state index in [2.05, 4.69) is 115 Å². The summed E-state index contributed by atoms with van der Waals surface area (Å²) in [7, 11) is 0. The van der Waals surface area contributed by atoms with Crippen molar-refractivity contribution >= 4 is 43.1 Å². The van der Waals surface area contributed by atoms with E-state index in [1.165, 1.54) is 59.8 Å². The van der Waals surface area contributed by atoms with Crippen molar-refractivity contribution in [1.82, 2.24) is 0 Å². The van der Waals surface area contributed by atoms with E-state index in [4.69, 9.17) is 0 Å². The molecule has 0 saturated heterocycles. The molecule has 0 N–H and O–H groups in total. The molecule has 0 heterocycles. The maximum atomic E-state index is 2.50. The molecule has 0 aromatic heterocycles. The zero-order valence-electron chi connectivity index (χ0n) is 19.9. The number of rotatable bonds is 0. The van der Waals surface area contributed by atoms with Crippen molar-refractivity contribution in [3.63, 3.8) is 0 Å². The lowest BCUT2D eigenvalue weighted by atomic mass is 9.77. The van der Waals surface area contributed by atoms with Gasteiger partial charge < -0.3 is 0 Å². The predicted molar refractivity (Wildman–Crippen MR) is 139 cm³/mol. The van der Waals surface area contributed by atoms with Crippen LogP contribution in [0.5, 0.6) is 0 Å². The molecule has 0 aliphatic carbocycles. The molecule has 156 valence electrons. The van der Waals surface area contributed by atoms with Crippen LogP contribution < -0.4 is 0 Å². The summed E-state index contributed by atoms with van der Waals surface area (Å²) in [5.74, 6) is 0. The molecule has 0 heteroatoms. The van der Waals surface area contributed by atoms with Crippen molar-refractivity contribution in [3.8, 4) is 0 Å². The molecule has 5 aromatic rings. The monoisotopic (exact) mass is 404 g/mol. The summed E-state index contributed by atoms with van der Waals surface area (Å²) in [6.07, 6.45) is 0. The quantitative estimate of drug-likeness (QED) is 0.226. The van der Waals surface area contributed by atoms with E-state index in [1.54, 1.807) is 0 Å². The van der Waals surface area contributed by atoms with E-state index in [-0.39, 0.29) is 10.8 Å². The summed E-state index contributed by atoms with van der Waals surface area (Å²) < 4.78 is 0. The van der Waals surface area contributed by atoms with Crippen molar-refractivity contribution < 1.29 is 0 Å². The van der Waals surface area contributed by atoms with Gasteiger partial charge in [0.15, 0.2) is 0 Å². The minimum Gasteiger partial charge on any atom is -0.0616 e. The summed E-state index contributed by atoms with van der Waals surface area (Å²) in [6.45, 7) is 16.3. The Balaban J connectivity index is 2.11. The molecule has 0 atom stereocenters. The number of hydrogen-bond acceptors (Lipinski definition) is 0. The van der Waals surface area contributed by atoms with Crippen LogP contribution in [0, 0.1) is 6.92 Å². The van der Waals surface area contributed by atoms with Gasteiger partial charge in [0.05, 0.1) is 0 Å². The molecular weight excluding hydrogens is 372 g/mol. The summed E-state index contributed by atoms with van der Waals surface area (Å²) in [5.41, 5.74) is 4.34. The summed E-state index contributed by atoms with van der Waals surface area (Å²) in [4.78, 5) is 0. The average molecular weight is 405 g/mol. The second-order valence-corrected chi connectivity index (χ2v) is 11.1. The molecule has 5 rings (SSSR count). The normalized spacial score (nSPS) is 13.0. The molecule has 0 aliphatic rings. The Morgan fingerprint density at radius 2 is 1.10 bits per heavy atom. The van der Waals surface area contributed by atoms with Gasteiger partial charge in [-0.2, -0.15) is 0 Å². The first-order valence-corrected chi connectivity index (χ1v) is 11.4. The van der Waals surface area contributed by atoms with Crippen LogP contribution in [-0.2, 0) is 10.8 Å². The number of aryl methyl sites for hydroxylation is 1. The minimum absolute atomic E-state index is 0.0461. The lowest BCUT2D eigenvalue weighted by Gasteiger charge is -2.27. The summed E-state index contributed by atoms with van der Waals surface area (Å²) >= 11 is 0. The van der Waals surface area contributed by atoms with Gasteiger partial charge in [0.2, 0.25) is 0 Å². The highest BCUT2D eigenvalue weighted by Gasteiger charge is 2.24. The molecule has 0 radical (unpaired) electrons. The van der Waals surface area contributed by atoms with Crippen LogP contribution in [0.2, 0.25) is 0 Å². The molecule has 0 nitrogen and oxygen atoms in total. The van der Waals surface area contributed by atoms with E-state index >= 15 is 0 Å². The van der Waals surface area contributed by atoms with Gasteiger partial charge >= 0.3 is 0 Å². The van der Waals surface area contributed by atoms with Gasteiger partial charge in [0, 0.05) is 0 Å². The van der Waals surface area contributed by atoms with Crippen LogP contribution in [0.3, 0.4) is 0 Å². The molecule has 31 heavy (non-hydrogen) atoms. The zero-order valence-corrected chi connectivity index (χ0v) is 19.9. The Bertz CT molecular complexity index is 1480. The Morgan fingerprint density at radius 3 is 1.81 bits per heavy atom. The van der Waals surface area contributed by atoms with Gasteiger partial charge in [-0.25, -0.2) is 0 Å². The van der Waals surface area contributed by atoms with Crippen molar-refractivity contribution in [2.75, 3.05) is 0 Å². The third-order valence-corrected chi connectivity index (χ3v) is 6.83. The fraction of sp³-hybridized carbons (Fsp3) is 0.290. The molecule has 0 unspecified atom stereocenters. The molecular formula is C31H32. The van der Waals surface area contributed by atoms with E-state index in [0.29, 0.717) is 0 Å². The van der Waals surface area contributed by atoms with Crippen molar-refractivity contribution in [3.05, 3.63) is 83.4 Å². The average Bonchev–Trinajstić information content (AvgIpc) is 2.71. The predicted octanol–water partition coefficient (Wildman–Crippen LogP) is 9.20. The van der Waals surface area contributed by atoms with Crippen LogP contribution in [-0.4, -0.2) is 0 Å². The van der Waals surface area contributed by atoms with Gasteiger partial charge in [-0.05, 0) is 83.6 Å².